The van der Waals surface area contributed by atoms with E-state index >= 15 is 0 Å². The fourth-order valence-electron chi connectivity index (χ4n) is 1.84. The third-order valence-electron chi connectivity index (χ3n) is 3.07. The summed E-state index contributed by atoms with van der Waals surface area (Å²) >= 11 is 0. The Hall–Kier alpha value is -1.54. The molecule has 0 aliphatic heterocycles. The van der Waals surface area contributed by atoms with Gasteiger partial charge in [-0.1, -0.05) is 43.3 Å². The van der Waals surface area contributed by atoms with E-state index in [2.05, 4.69) is 32.0 Å². The molecule has 2 heteroatoms. The lowest BCUT2D eigenvalue weighted by Crippen LogP contribution is -2.13. The normalized spacial score (nSPS) is 12.6. The molecule has 0 radical (unpaired) electrons. The van der Waals surface area contributed by atoms with Crippen LogP contribution in [0.5, 0.6) is 5.75 Å². The summed E-state index contributed by atoms with van der Waals surface area (Å²) in [6, 6.07) is 14.4. The predicted octanol–water partition coefficient (Wildman–Crippen LogP) is 4.03. The number of benzene rings is 2. The standard InChI is InChI=1S/C16H20O2/c1-3-13(2)17-11-12-18-16-10-6-8-14-7-4-5-9-15(14)16/h4-10,13H,3,11-12H2,1-2H3. The molecule has 18 heavy (non-hydrogen) atoms. The Morgan fingerprint density at radius 1 is 1.00 bits per heavy atom. The average Bonchev–Trinajstić information content (AvgIpc) is 2.43. The average molecular weight is 244 g/mol. The van der Waals surface area contributed by atoms with Crippen LogP contribution >= 0.6 is 0 Å². The number of hydrogen-bond donors (Lipinski definition) is 0. The molecule has 0 spiro atoms. The molecule has 96 valence electrons. The molecule has 1 unspecified atom stereocenters. The molecule has 0 saturated carbocycles. The molecule has 0 heterocycles. The van der Waals surface area contributed by atoms with Crippen molar-refractivity contribution in [2.75, 3.05) is 13.2 Å². The molecular weight excluding hydrogens is 224 g/mol. The number of fused-ring (bicyclic) bond motifs is 1. The van der Waals surface area contributed by atoms with Crippen LogP contribution in [0.1, 0.15) is 20.3 Å². The van der Waals surface area contributed by atoms with Gasteiger partial charge in [0, 0.05) is 5.39 Å². The number of rotatable bonds is 6. The fourth-order valence-corrected chi connectivity index (χ4v) is 1.84. The topological polar surface area (TPSA) is 18.5 Å². The van der Waals surface area contributed by atoms with E-state index < -0.39 is 0 Å². The highest BCUT2D eigenvalue weighted by Crippen LogP contribution is 2.24. The lowest BCUT2D eigenvalue weighted by atomic mass is 10.1. The Labute approximate surface area is 109 Å². The summed E-state index contributed by atoms with van der Waals surface area (Å²) in [5, 5.41) is 2.36. The highest BCUT2D eigenvalue weighted by molar-refractivity contribution is 5.88. The summed E-state index contributed by atoms with van der Waals surface area (Å²) in [6.45, 7) is 5.44. The molecule has 2 aromatic carbocycles. The Morgan fingerprint density at radius 2 is 1.78 bits per heavy atom. The van der Waals surface area contributed by atoms with Crippen molar-refractivity contribution in [1.29, 1.82) is 0 Å². The first-order valence-corrected chi connectivity index (χ1v) is 6.53. The molecule has 0 N–H and O–H groups in total. The monoisotopic (exact) mass is 244 g/mol. The predicted molar refractivity (Wildman–Crippen MR) is 75.1 cm³/mol. The third kappa shape index (κ3) is 3.23. The van der Waals surface area contributed by atoms with Crippen LogP contribution in [-0.4, -0.2) is 19.3 Å². The molecule has 2 nitrogen and oxygen atoms in total. The van der Waals surface area contributed by atoms with Crippen molar-refractivity contribution in [2.45, 2.75) is 26.4 Å². The third-order valence-corrected chi connectivity index (χ3v) is 3.07. The van der Waals surface area contributed by atoms with E-state index in [4.69, 9.17) is 9.47 Å². The van der Waals surface area contributed by atoms with Gasteiger partial charge in [0.1, 0.15) is 12.4 Å². The number of hydrogen-bond acceptors (Lipinski definition) is 2. The Kier molecular flexibility index (Phi) is 4.59. The molecule has 0 aromatic heterocycles. The molecular formula is C16H20O2. The van der Waals surface area contributed by atoms with E-state index in [0.29, 0.717) is 19.3 Å². The van der Waals surface area contributed by atoms with Crippen molar-refractivity contribution < 1.29 is 9.47 Å². The van der Waals surface area contributed by atoms with Gasteiger partial charge in [0.2, 0.25) is 0 Å². The van der Waals surface area contributed by atoms with E-state index in [-0.39, 0.29) is 0 Å². The Bertz CT molecular complexity index is 488. The second-order valence-electron chi connectivity index (χ2n) is 4.42. The van der Waals surface area contributed by atoms with E-state index in [1.165, 1.54) is 5.39 Å². The minimum Gasteiger partial charge on any atom is -0.491 e. The van der Waals surface area contributed by atoms with Gasteiger partial charge in [-0.15, -0.1) is 0 Å². The molecule has 1 atom stereocenters. The summed E-state index contributed by atoms with van der Waals surface area (Å²) in [5.41, 5.74) is 0. The SMILES string of the molecule is CCC(C)OCCOc1cccc2ccccc12. The van der Waals surface area contributed by atoms with Gasteiger partial charge in [-0.25, -0.2) is 0 Å². The molecule has 2 aromatic rings. The van der Waals surface area contributed by atoms with E-state index in [1.54, 1.807) is 0 Å². The number of ether oxygens (including phenoxy) is 2. The largest absolute Gasteiger partial charge is 0.491 e. The minimum atomic E-state index is 0.307. The minimum absolute atomic E-state index is 0.307. The molecule has 0 aliphatic carbocycles. The van der Waals surface area contributed by atoms with Gasteiger partial charge in [-0.2, -0.15) is 0 Å². The van der Waals surface area contributed by atoms with Gasteiger partial charge in [-0.3, -0.25) is 0 Å². The zero-order valence-electron chi connectivity index (χ0n) is 11.1. The van der Waals surface area contributed by atoms with Crippen LogP contribution in [0.2, 0.25) is 0 Å². The Balaban J connectivity index is 1.95. The summed E-state index contributed by atoms with van der Waals surface area (Å²) < 4.78 is 11.4. The smallest absolute Gasteiger partial charge is 0.127 e. The maximum Gasteiger partial charge on any atom is 0.127 e. The fraction of sp³-hybridized carbons (Fsp3) is 0.375. The van der Waals surface area contributed by atoms with Crippen molar-refractivity contribution >= 4 is 10.8 Å². The summed E-state index contributed by atoms with van der Waals surface area (Å²) in [4.78, 5) is 0. The highest BCUT2D eigenvalue weighted by atomic mass is 16.5. The maximum atomic E-state index is 5.79. The van der Waals surface area contributed by atoms with Crippen molar-refractivity contribution in [1.82, 2.24) is 0 Å². The van der Waals surface area contributed by atoms with Crippen molar-refractivity contribution in [2.24, 2.45) is 0 Å². The lowest BCUT2D eigenvalue weighted by molar-refractivity contribution is 0.0430. The molecule has 0 bridgehead atoms. The van der Waals surface area contributed by atoms with Crippen LogP contribution in [0.4, 0.5) is 0 Å². The van der Waals surface area contributed by atoms with Crippen LogP contribution in [0, 0.1) is 0 Å². The van der Waals surface area contributed by atoms with Crippen molar-refractivity contribution in [3.05, 3.63) is 42.5 Å². The maximum absolute atomic E-state index is 5.79. The summed E-state index contributed by atoms with van der Waals surface area (Å²) in [5.74, 6) is 0.931. The van der Waals surface area contributed by atoms with Gasteiger partial charge in [-0.05, 0) is 24.8 Å². The second-order valence-corrected chi connectivity index (χ2v) is 4.42. The highest BCUT2D eigenvalue weighted by Gasteiger charge is 2.02. The van der Waals surface area contributed by atoms with E-state index in [9.17, 15) is 0 Å². The molecule has 2 rings (SSSR count). The first kappa shape index (κ1) is 12.9. The first-order chi connectivity index (χ1) is 8.81. The van der Waals surface area contributed by atoms with Gasteiger partial charge in [0.25, 0.3) is 0 Å². The molecule has 0 fully saturated rings. The summed E-state index contributed by atoms with van der Waals surface area (Å²) in [7, 11) is 0. The molecule has 0 saturated heterocycles. The van der Waals surface area contributed by atoms with E-state index in [0.717, 1.165) is 17.6 Å². The van der Waals surface area contributed by atoms with Crippen LogP contribution in [0.25, 0.3) is 10.8 Å². The molecule has 0 aliphatic rings. The van der Waals surface area contributed by atoms with Crippen molar-refractivity contribution in [3.8, 4) is 5.75 Å². The van der Waals surface area contributed by atoms with Gasteiger partial charge in [0.05, 0.1) is 12.7 Å². The first-order valence-electron chi connectivity index (χ1n) is 6.53. The van der Waals surface area contributed by atoms with Gasteiger partial charge < -0.3 is 9.47 Å². The van der Waals surface area contributed by atoms with Gasteiger partial charge in [0.15, 0.2) is 0 Å². The van der Waals surface area contributed by atoms with Crippen LogP contribution in [-0.2, 0) is 4.74 Å². The Morgan fingerprint density at radius 3 is 2.61 bits per heavy atom. The van der Waals surface area contributed by atoms with Crippen LogP contribution in [0.3, 0.4) is 0 Å². The van der Waals surface area contributed by atoms with Crippen LogP contribution in [0.15, 0.2) is 42.5 Å². The zero-order chi connectivity index (χ0) is 12.8. The summed E-state index contributed by atoms with van der Waals surface area (Å²) in [6.07, 6.45) is 1.34. The lowest BCUT2D eigenvalue weighted by Gasteiger charge is -2.12. The van der Waals surface area contributed by atoms with Crippen molar-refractivity contribution in [3.63, 3.8) is 0 Å². The second kappa shape index (κ2) is 6.41. The van der Waals surface area contributed by atoms with E-state index in [1.807, 2.05) is 24.3 Å². The van der Waals surface area contributed by atoms with Gasteiger partial charge >= 0.3 is 0 Å². The quantitative estimate of drug-likeness (QED) is 0.714. The van der Waals surface area contributed by atoms with Crippen LogP contribution < -0.4 is 4.74 Å². The molecule has 0 amide bonds. The zero-order valence-corrected chi connectivity index (χ0v) is 11.1.